The smallest absolute Gasteiger partial charge is 0.220 e. The highest BCUT2D eigenvalue weighted by Crippen LogP contribution is 2.38. The van der Waals surface area contributed by atoms with E-state index in [-0.39, 0.29) is 36.0 Å². The predicted molar refractivity (Wildman–Crippen MR) is 132 cm³/mol. The van der Waals surface area contributed by atoms with Crippen molar-refractivity contribution in [2.75, 3.05) is 32.8 Å². The van der Waals surface area contributed by atoms with Gasteiger partial charge in [-0.25, -0.2) is 9.97 Å². The summed E-state index contributed by atoms with van der Waals surface area (Å²) in [7, 11) is 0. The molecule has 0 aliphatic carbocycles. The van der Waals surface area contributed by atoms with Crippen molar-refractivity contribution < 1.29 is 14.6 Å². The van der Waals surface area contributed by atoms with Crippen molar-refractivity contribution in [3.63, 3.8) is 0 Å². The van der Waals surface area contributed by atoms with Gasteiger partial charge in [-0.05, 0) is 37.6 Å². The third kappa shape index (κ3) is 4.53. The van der Waals surface area contributed by atoms with E-state index in [0.29, 0.717) is 13.2 Å². The van der Waals surface area contributed by atoms with Gasteiger partial charge in [0.15, 0.2) is 0 Å². The molecule has 4 unspecified atom stereocenters. The zero-order valence-electron chi connectivity index (χ0n) is 19.8. The van der Waals surface area contributed by atoms with Crippen molar-refractivity contribution in [2.24, 2.45) is 0 Å². The average molecular weight is 482 g/mol. The Kier molecular flexibility index (Phi) is 6.52. The van der Waals surface area contributed by atoms with Crippen LogP contribution in [0.1, 0.15) is 43.5 Å². The number of aromatic hydroxyl groups is 1. The van der Waals surface area contributed by atoms with E-state index in [4.69, 9.17) is 4.74 Å². The fourth-order valence-corrected chi connectivity index (χ4v) is 6.68. The van der Waals surface area contributed by atoms with Crippen molar-refractivity contribution >= 4 is 27.5 Å². The number of nitrogens with zero attached hydrogens (tertiary/aromatic N) is 5. The molecule has 5 rings (SSSR count). The van der Waals surface area contributed by atoms with E-state index in [2.05, 4.69) is 39.7 Å². The number of carbonyl (C=O) groups is 1. The number of fused-ring (bicyclic) bond motifs is 1. The second kappa shape index (κ2) is 9.58. The van der Waals surface area contributed by atoms with E-state index < -0.39 is 0 Å². The summed E-state index contributed by atoms with van der Waals surface area (Å²) in [6.45, 7) is 9.64. The normalized spacial score (nSPS) is 25.5. The van der Waals surface area contributed by atoms with Crippen LogP contribution in [0.3, 0.4) is 0 Å². The summed E-state index contributed by atoms with van der Waals surface area (Å²) < 4.78 is 7.20. The molecule has 9 heteroatoms. The molecule has 4 heterocycles. The quantitative estimate of drug-likeness (QED) is 0.612. The molecular formula is C25H31N5O3S. The number of benzene rings is 1. The maximum atomic E-state index is 12.3. The minimum atomic E-state index is -0.120. The van der Waals surface area contributed by atoms with Crippen molar-refractivity contribution in [1.82, 2.24) is 24.7 Å². The number of carbonyl (C=O) groups excluding carboxylic acids is 1. The second-order valence-corrected chi connectivity index (χ2v) is 10.4. The number of hydrogen-bond donors (Lipinski definition) is 1. The molecule has 1 N–H and O–H groups in total. The van der Waals surface area contributed by atoms with Crippen LogP contribution in [0.15, 0.2) is 42.9 Å². The van der Waals surface area contributed by atoms with Crippen LogP contribution in [0, 0.1) is 0 Å². The Hall–Kier alpha value is -2.59. The van der Waals surface area contributed by atoms with E-state index in [0.717, 1.165) is 35.4 Å². The van der Waals surface area contributed by atoms with Crippen LogP contribution in [0.25, 0.3) is 10.2 Å². The van der Waals surface area contributed by atoms with Gasteiger partial charge in [0.25, 0.3) is 0 Å². The first kappa shape index (κ1) is 23.2. The molecule has 2 fully saturated rings. The standard InChI is InChI=1S/C25H31N5O3S/c1-16-12-29(13-17(2)30(16)18(3)31)25(23-10-21-24(34-23)11-26-15-27-21)28-7-8-33-22(14-28)19-5-4-6-20(32)9-19/h4-6,9-11,15-17,22,25,32H,7-8,12-14H2,1-3H3. The van der Waals surface area contributed by atoms with Gasteiger partial charge in [-0.2, -0.15) is 0 Å². The lowest BCUT2D eigenvalue weighted by Gasteiger charge is -2.50. The Morgan fingerprint density at radius 3 is 2.68 bits per heavy atom. The van der Waals surface area contributed by atoms with Gasteiger partial charge >= 0.3 is 0 Å². The van der Waals surface area contributed by atoms with Gasteiger partial charge in [-0.15, -0.1) is 11.3 Å². The highest BCUT2D eigenvalue weighted by Gasteiger charge is 2.39. The van der Waals surface area contributed by atoms with Gasteiger partial charge in [0, 0.05) is 56.3 Å². The highest BCUT2D eigenvalue weighted by molar-refractivity contribution is 7.19. The molecular weight excluding hydrogens is 450 g/mol. The van der Waals surface area contributed by atoms with E-state index in [9.17, 15) is 9.90 Å². The Labute approximate surface area is 203 Å². The van der Waals surface area contributed by atoms with Gasteiger partial charge in [0.2, 0.25) is 5.91 Å². The summed E-state index contributed by atoms with van der Waals surface area (Å²) in [4.78, 5) is 29.1. The number of thiophene rings is 1. The number of piperazine rings is 1. The van der Waals surface area contributed by atoms with Gasteiger partial charge in [0.1, 0.15) is 12.1 Å². The number of hydrogen-bond acceptors (Lipinski definition) is 8. The molecule has 3 aromatic rings. The Balaban J connectivity index is 1.48. The summed E-state index contributed by atoms with van der Waals surface area (Å²) in [6.07, 6.45) is 3.39. The Morgan fingerprint density at radius 2 is 1.97 bits per heavy atom. The fourth-order valence-electron chi connectivity index (χ4n) is 5.52. The zero-order chi connectivity index (χ0) is 23.8. The fraction of sp³-hybridized carbons (Fsp3) is 0.480. The maximum Gasteiger partial charge on any atom is 0.220 e. The van der Waals surface area contributed by atoms with E-state index in [1.54, 1.807) is 36.7 Å². The summed E-state index contributed by atoms with van der Waals surface area (Å²) in [5.74, 6) is 0.379. The first-order chi connectivity index (χ1) is 16.4. The van der Waals surface area contributed by atoms with Crippen LogP contribution in [-0.2, 0) is 9.53 Å². The molecule has 180 valence electrons. The van der Waals surface area contributed by atoms with Crippen molar-refractivity contribution in [3.05, 3.63) is 53.3 Å². The molecule has 0 radical (unpaired) electrons. The lowest BCUT2D eigenvalue weighted by molar-refractivity contribution is -0.141. The van der Waals surface area contributed by atoms with Crippen molar-refractivity contribution in [1.29, 1.82) is 0 Å². The maximum absolute atomic E-state index is 12.3. The van der Waals surface area contributed by atoms with Crippen LogP contribution in [0.2, 0.25) is 0 Å². The largest absolute Gasteiger partial charge is 0.508 e. The topological polar surface area (TPSA) is 82.0 Å². The minimum absolute atomic E-state index is 0.0434. The number of phenols is 1. The summed E-state index contributed by atoms with van der Waals surface area (Å²) in [6, 6.07) is 9.77. The lowest BCUT2D eigenvalue weighted by atomic mass is 10.0. The Bertz CT molecular complexity index is 1130. The molecule has 34 heavy (non-hydrogen) atoms. The number of rotatable bonds is 4. The summed E-state index contributed by atoms with van der Waals surface area (Å²) in [5.41, 5.74) is 1.94. The number of ether oxygens (including phenoxy) is 1. The molecule has 2 aromatic heterocycles. The first-order valence-corrected chi connectivity index (χ1v) is 12.6. The molecule has 1 aromatic carbocycles. The molecule has 1 amide bonds. The number of phenolic OH excluding ortho intramolecular Hbond substituents is 1. The number of amides is 1. The molecule has 8 nitrogen and oxygen atoms in total. The van der Waals surface area contributed by atoms with Crippen molar-refractivity contribution in [3.8, 4) is 5.75 Å². The van der Waals surface area contributed by atoms with E-state index >= 15 is 0 Å². The average Bonchev–Trinajstić information content (AvgIpc) is 3.22. The van der Waals surface area contributed by atoms with Crippen LogP contribution in [0.4, 0.5) is 0 Å². The van der Waals surface area contributed by atoms with Crippen LogP contribution >= 0.6 is 11.3 Å². The van der Waals surface area contributed by atoms with Gasteiger partial charge in [-0.1, -0.05) is 12.1 Å². The Morgan fingerprint density at radius 1 is 1.18 bits per heavy atom. The molecule has 4 atom stereocenters. The molecule has 2 aliphatic heterocycles. The molecule has 0 saturated carbocycles. The highest BCUT2D eigenvalue weighted by atomic mass is 32.1. The van der Waals surface area contributed by atoms with Gasteiger partial charge in [0.05, 0.1) is 29.1 Å². The first-order valence-electron chi connectivity index (χ1n) is 11.8. The predicted octanol–water partition coefficient (Wildman–Crippen LogP) is 3.41. The third-order valence-electron chi connectivity index (χ3n) is 6.81. The SMILES string of the molecule is CC(=O)N1C(C)CN(C(c2cc3ncncc3s2)N2CCOC(c3cccc(O)c3)C2)CC1C. The lowest BCUT2D eigenvalue weighted by Crippen LogP contribution is -2.61. The molecule has 2 saturated heterocycles. The van der Waals surface area contributed by atoms with E-state index in [1.165, 1.54) is 4.88 Å². The molecule has 0 spiro atoms. The monoisotopic (exact) mass is 481 g/mol. The minimum Gasteiger partial charge on any atom is -0.508 e. The molecule has 2 aliphatic rings. The summed E-state index contributed by atoms with van der Waals surface area (Å²) >= 11 is 1.73. The number of morpholine rings is 1. The summed E-state index contributed by atoms with van der Waals surface area (Å²) in [5, 5.41) is 9.99. The zero-order valence-corrected chi connectivity index (χ0v) is 20.6. The second-order valence-electron chi connectivity index (χ2n) is 9.32. The van der Waals surface area contributed by atoms with Gasteiger partial charge in [-0.3, -0.25) is 14.6 Å². The van der Waals surface area contributed by atoms with Gasteiger partial charge < -0.3 is 14.7 Å². The van der Waals surface area contributed by atoms with Crippen LogP contribution < -0.4 is 0 Å². The third-order valence-corrected chi connectivity index (χ3v) is 7.91. The van der Waals surface area contributed by atoms with Crippen molar-refractivity contribution in [2.45, 2.75) is 45.1 Å². The van der Waals surface area contributed by atoms with Crippen LogP contribution in [0.5, 0.6) is 5.75 Å². The number of aromatic nitrogens is 2. The molecule has 0 bridgehead atoms. The van der Waals surface area contributed by atoms with E-state index in [1.807, 2.05) is 23.2 Å². The van der Waals surface area contributed by atoms with Crippen LogP contribution in [-0.4, -0.2) is 80.6 Å².